The molecule has 0 bridgehead atoms. The van der Waals surface area contributed by atoms with Gasteiger partial charge in [0.05, 0.1) is 6.42 Å². The van der Waals surface area contributed by atoms with Crippen LogP contribution in [0.2, 0.25) is 0 Å². The minimum Gasteiger partial charge on any atom is -0.403 e. The lowest BCUT2D eigenvalue weighted by molar-refractivity contribution is -0.115. The zero-order valence-corrected chi connectivity index (χ0v) is 15.2. The van der Waals surface area contributed by atoms with Crippen molar-refractivity contribution in [2.24, 2.45) is 0 Å². The van der Waals surface area contributed by atoms with Gasteiger partial charge in [-0.15, -0.1) is 16.9 Å². The highest BCUT2D eigenvalue weighted by Gasteiger charge is 2.13. The Morgan fingerprint density at radius 1 is 1.12 bits per heavy atom. The maximum absolute atomic E-state index is 12.2. The lowest BCUT2D eigenvalue weighted by Crippen LogP contribution is -2.14. The summed E-state index contributed by atoms with van der Waals surface area (Å²) in [7, 11) is 0. The number of hydrogen-bond donors (Lipinski definition) is 1. The van der Waals surface area contributed by atoms with Crippen molar-refractivity contribution in [2.75, 3.05) is 11.6 Å². The van der Waals surface area contributed by atoms with Crippen molar-refractivity contribution < 1.29 is 9.21 Å². The van der Waals surface area contributed by atoms with Gasteiger partial charge >= 0.3 is 6.01 Å². The van der Waals surface area contributed by atoms with E-state index >= 15 is 0 Å². The smallest absolute Gasteiger partial charge is 0.322 e. The van der Waals surface area contributed by atoms with Crippen molar-refractivity contribution in [1.82, 2.24) is 10.2 Å². The first-order chi connectivity index (χ1) is 12.0. The monoisotopic (exact) mass is 353 g/mol. The number of aryl methyl sites for hydroxylation is 2. The van der Waals surface area contributed by atoms with Crippen LogP contribution in [0.25, 0.3) is 11.5 Å². The van der Waals surface area contributed by atoms with Crippen molar-refractivity contribution in [1.29, 1.82) is 0 Å². The van der Waals surface area contributed by atoms with Crippen LogP contribution in [-0.2, 0) is 11.2 Å². The molecule has 1 heterocycles. The fourth-order valence-corrected chi connectivity index (χ4v) is 2.85. The lowest BCUT2D eigenvalue weighted by atomic mass is 10.1. The first kappa shape index (κ1) is 17.2. The maximum atomic E-state index is 12.2. The first-order valence-corrected chi connectivity index (χ1v) is 9.11. The summed E-state index contributed by atoms with van der Waals surface area (Å²) in [6.07, 6.45) is 2.28. The standard InChI is InChI=1S/C19H19N3O2S/c1-12-4-5-13(2)16(10-12)18-21-22-19(24-18)20-17(23)11-14-6-8-15(25-3)9-7-14/h4-10H,11H2,1-3H3,(H,20,22,23). The number of nitrogens with zero attached hydrogens (tertiary/aromatic N) is 2. The molecule has 0 spiro atoms. The summed E-state index contributed by atoms with van der Waals surface area (Å²) in [6.45, 7) is 3.99. The van der Waals surface area contributed by atoms with Crippen LogP contribution >= 0.6 is 11.8 Å². The molecule has 1 aromatic heterocycles. The summed E-state index contributed by atoms with van der Waals surface area (Å²) in [5.74, 6) is 0.217. The number of carbonyl (C=O) groups is 1. The molecule has 0 saturated carbocycles. The Morgan fingerprint density at radius 2 is 1.88 bits per heavy atom. The summed E-state index contributed by atoms with van der Waals surface area (Å²) < 4.78 is 5.59. The summed E-state index contributed by atoms with van der Waals surface area (Å²) in [6, 6.07) is 14.0. The molecule has 0 unspecified atom stereocenters. The number of hydrogen-bond acceptors (Lipinski definition) is 5. The van der Waals surface area contributed by atoms with Crippen LogP contribution in [0.5, 0.6) is 0 Å². The quantitative estimate of drug-likeness (QED) is 0.694. The van der Waals surface area contributed by atoms with Gasteiger partial charge in [-0.05, 0) is 49.4 Å². The molecular weight excluding hydrogens is 334 g/mol. The van der Waals surface area contributed by atoms with E-state index in [0.717, 1.165) is 22.3 Å². The van der Waals surface area contributed by atoms with Gasteiger partial charge in [0.25, 0.3) is 0 Å². The van der Waals surface area contributed by atoms with Crippen LogP contribution in [0.15, 0.2) is 51.8 Å². The van der Waals surface area contributed by atoms with E-state index in [2.05, 4.69) is 15.5 Å². The van der Waals surface area contributed by atoms with Gasteiger partial charge in [0.15, 0.2) is 0 Å². The number of thioether (sulfide) groups is 1. The zero-order chi connectivity index (χ0) is 17.8. The van der Waals surface area contributed by atoms with Gasteiger partial charge in [-0.2, -0.15) is 0 Å². The molecule has 1 amide bonds. The fraction of sp³-hybridized carbons (Fsp3) is 0.211. The van der Waals surface area contributed by atoms with E-state index in [1.807, 2.05) is 62.6 Å². The number of benzene rings is 2. The van der Waals surface area contributed by atoms with Gasteiger partial charge in [-0.1, -0.05) is 34.9 Å². The maximum Gasteiger partial charge on any atom is 0.322 e. The number of anilines is 1. The van der Waals surface area contributed by atoms with Crippen molar-refractivity contribution in [3.63, 3.8) is 0 Å². The third-order valence-electron chi connectivity index (χ3n) is 3.82. The molecule has 6 heteroatoms. The predicted octanol–water partition coefficient (Wildman–Crippen LogP) is 4.26. The second kappa shape index (κ2) is 7.53. The summed E-state index contributed by atoms with van der Waals surface area (Å²) >= 11 is 1.67. The van der Waals surface area contributed by atoms with Crippen molar-refractivity contribution in [3.05, 3.63) is 59.2 Å². The molecule has 0 aliphatic heterocycles. The first-order valence-electron chi connectivity index (χ1n) is 7.89. The van der Waals surface area contributed by atoms with Gasteiger partial charge in [0, 0.05) is 10.5 Å². The normalized spacial score (nSPS) is 10.7. The largest absolute Gasteiger partial charge is 0.403 e. The SMILES string of the molecule is CSc1ccc(CC(=O)Nc2nnc(-c3cc(C)ccc3C)o2)cc1. The number of aromatic nitrogens is 2. The molecule has 0 radical (unpaired) electrons. The van der Waals surface area contributed by atoms with E-state index < -0.39 is 0 Å². The second-order valence-corrected chi connectivity index (χ2v) is 6.68. The number of amides is 1. The number of rotatable bonds is 5. The zero-order valence-electron chi connectivity index (χ0n) is 14.4. The Kier molecular flexibility index (Phi) is 5.19. The summed E-state index contributed by atoms with van der Waals surface area (Å²) in [4.78, 5) is 13.3. The third-order valence-corrected chi connectivity index (χ3v) is 4.56. The molecule has 2 aromatic carbocycles. The average Bonchev–Trinajstić information content (AvgIpc) is 3.05. The average molecular weight is 353 g/mol. The van der Waals surface area contributed by atoms with Gasteiger partial charge in [-0.25, -0.2) is 0 Å². The van der Waals surface area contributed by atoms with Crippen LogP contribution in [0.3, 0.4) is 0 Å². The van der Waals surface area contributed by atoms with Crippen molar-refractivity contribution >= 4 is 23.7 Å². The van der Waals surface area contributed by atoms with Gasteiger partial charge < -0.3 is 4.42 Å². The van der Waals surface area contributed by atoms with Crippen LogP contribution in [-0.4, -0.2) is 22.4 Å². The highest BCUT2D eigenvalue weighted by atomic mass is 32.2. The molecule has 128 valence electrons. The van der Waals surface area contributed by atoms with Crippen LogP contribution in [0.1, 0.15) is 16.7 Å². The van der Waals surface area contributed by atoms with Gasteiger partial charge in [0.1, 0.15) is 0 Å². The van der Waals surface area contributed by atoms with E-state index in [1.165, 1.54) is 4.90 Å². The Labute approximate surface area is 150 Å². The van der Waals surface area contributed by atoms with E-state index in [1.54, 1.807) is 11.8 Å². The molecule has 25 heavy (non-hydrogen) atoms. The van der Waals surface area contributed by atoms with Crippen molar-refractivity contribution in [3.8, 4) is 11.5 Å². The molecule has 3 aromatic rings. The minimum atomic E-state index is -0.187. The van der Waals surface area contributed by atoms with Crippen molar-refractivity contribution in [2.45, 2.75) is 25.2 Å². The minimum absolute atomic E-state index is 0.113. The van der Waals surface area contributed by atoms with Crippen LogP contribution in [0, 0.1) is 13.8 Å². The molecular formula is C19H19N3O2S. The molecule has 0 aliphatic carbocycles. The van der Waals surface area contributed by atoms with Crippen LogP contribution in [0.4, 0.5) is 6.01 Å². The summed E-state index contributed by atoms with van der Waals surface area (Å²) in [5, 5.41) is 10.6. The molecule has 1 N–H and O–H groups in total. The highest BCUT2D eigenvalue weighted by molar-refractivity contribution is 7.98. The Balaban J connectivity index is 1.68. The predicted molar refractivity (Wildman–Crippen MR) is 99.8 cm³/mol. The molecule has 5 nitrogen and oxygen atoms in total. The third kappa shape index (κ3) is 4.28. The van der Waals surface area contributed by atoms with Gasteiger partial charge in [0.2, 0.25) is 11.8 Å². The Morgan fingerprint density at radius 3 is 2.60 bits per heavy atom. The molecule has 3 rings (SSSR count). The highest BCUT2D eigenvalue weighted by Crippen LogP contribution is 2.24. The Bertz CT molecular complexity index is 888. The van der Waals surface area contributed by atoms with Gasteiger partial charge in [-0.3, -0.25) is 10.1 Å². The van der Waals surface area contributed by atoms with E-state index in [-0.39, 0.29) is 18.3 Å². The topological polar surface area (TPSA) is 68.0 Å². The summed E-state index contributed by atoms with van der Waals surface area (Å²) in [5.41, 5.74) is 3.96. The molecule has 0 aliphatic rings. The molecule has 0 saturated heterocycles. The van der Waals surface area contributed by atoms with E-state index in [4.69, 9.17) is 4.42 Å². The lowest BCUT2D eigenvalue weighted by Gasteiger charge is -2.03. The number of nitrogens with one attached hydrogen (secondary N) is 1. The fourth-order valence-electron chi connectivity index (χ4n) is 2.44. The van der Waals surface area contributed by atoms with Crippen LogP contribution < -0.4 is 5.32 Å². The van der Waals surface area contributed by atoms with E-state index in [9.17, 15) is 4.79 Å². The molecule has 0 fully saturated rings. The van der Waals surface area contributed by atoms with E-state index in [0.29, 0.717) is 5.89 Å². The Hall–Kier alpha value is -2.60. The number of carbonyl (C=O) groups excluding carboxylic acids is 1. The molecule has 0 atom stereocenters. The second-order valence-electron chi connectivity index (χ2n) is 5.80.